The highest BCUT2D eigenvalue weighted by Crippen LogP contribution is 2.23. The van der Waals surface area contributed by atoms with Crippen LogP contribution < -0.4 is 5.73 Å². The second kappa shape index (κ2) is 4.22. The van der Waals surface area contributed by atoms with Crippen LogP contribution in [0.4, 0.5) is 5.69 Å². The van der Waals surface area contributed by atoms with E-state index in [0.29, 0.717) is 18.7 Å². The molecule has 15 heavy (non-hydrogen) atoms. The smallest absolute Gasteiger partial charge is 0.197 e. The van der Waals surface area contributed by atoms with Gasteiger partial charge in [-0.3, -0.25) is 4.68 Å². The summed E-state index contributed by atoms with van der Waals surface area (Å²) in [4.78, 5) is 0. The summed E-state index contributed by atoms with van der Waals surface area (Å²) in [6.07, 6.45) is 0.579. The molecule has 2 N–H and O–H groups in total. The molecule has 0 amide bonds. The van der Waals surface area contributed by atoms with Gasteiger partial charge in [-0.25, -0.2) is 8.42 Å². The van der Waals surface area contributed by atoms with Gasteiger partial charge in [0.25, 0.3) is 0 Å². The van der Waals surface area contributed by atoms with Crippen molar-refractivity contribution in [2.75, 3.05) is 11.5 Å². The van der Waals surface area contributed by atoms with Crippen molar-refractivity contribution in [1.29, 1.82) is 0 Å². The van der Waals surface area contributed by atoms with Crippen LogP contribution in [0.2, 0.25) is 0 Å². The number of rotatable bonds is 4. The molecule has 0 aliphatic carbocycles. The average molecular weight is 231 g/mol. The van der Waals surface area contributed by atoms with Crippen molar-refractivity contribution >= 4 is 15.5 Å². The number of nitrogens with two attached hydrogens (primary N) is 1. The Morgan fingerprint density at radius 2 is 2.00 bits per heavy atom. The van der Waals surface area contributed by atoms with Crippen LogP contribution in [0, 0.1) is 6.92 Å². The highest BCUT2D eigenvalue weighted by molar-refractivity contribution is 7.91. The van der Waals surface area contributed by atoms with Crippen molar-refractivity contribution in [3.05, 3.63) is 5.69 Å². The molecule has 0 bridgehead atoms. The first-order valence-corrected chi connectivity index (χ1v) is 6.64. The van der Waals surface area contributed by atoms with Crippen LogP contribution in [0.25, 0.3) is 0 Å². The van der Waals surface area contributed by atoms with E-state index in [9.17, 15) is 8.42 Å². The third kappa shape index (κ3) is 2.14. The Kier molecular flexibility index (Phi) is 3.38. The molecule has 0 saturated heterocycles. The van der Waals surface area contributed by atoms with Crippen LogP contribution in [0.15, 0.2) is 5.03 Å². The quantitative estimate of drug-likeness (QED) is 0.837. The molecular weight excluding hydrogens is 214 g/mol. The minimum absolute atomic E-state index is 0.113. The Hall–Kier alpha value is -1.04. The van der Waals surface area contributed by atoms with E-state index in [4.69, 9.17) is 5.73 Å². The fraction of sp³-hybridized carbons (Fsp3) is 0.667. The SMILES string of the molecule is CCCS(=O)(=O)c1c(N)c(C)nn1CC. The Morgan fingerprint density at radius 3 is 2.47 bits per heavy atom. The molecule has 1 rings (SSSR count). The molecule has 0 fully saturated rings. The molecule has 0 aliphatic heterocycles. The monoisotopic (exact) mass is 231 g/mol. The molecule has 1 heterocycles. The summed E-state index contributed by atoms with van der Waals surface area (Å²) in [6, 6.07) is 0. The topological polar surface area (TPSA) is 78.0 Å². The summed E-state index contributed by atoms with van der Waals surface area (Å²) < 4.78 is 25.3. The van der Waals surface area contributed by atoms with Crippen molar-refractivity contribution in [2.24, 2.45) is 0 Å². The third-order valence-corrected chi connectivity index (χ3v) is 4.16. The first-order chi connectivity index (χ1) is 6.94. The van der Waals surface area contributed by atoms with Gasteiger partial charge in [-0.2, -0.15) is 5.10 Å². The molecule has 0 atom stereocenters. The van der Waals surface area contributed by atoms with Crippen LogP contribution in [0.3, 0.4) is 0 Å². The van der Waals surface area contributed by atoms with Crippen LogP contribution in [-0.4, -0.2) is 24.0 Å². The van der Waals surface area contributed by atoms with Gasteiger partial charge in [0.1, 0.15) is 0 Å². The summed E-state index contributed by atoms with van der Waals surface area (Å²) in [7, 11) is -3.29. The van der Waals surface area contributed by atoms with Gasteiger partial charge in [-0.1, -0.05) is 6.92 Å². The summed E-state index contributed by atoms with van der Waals surface area (Å²) >= 11 is 0. The lowest BCUT2D eigenvalue weighted by molar-refractivity contribution is 0.553. The molecule has 0 radical (unpaired) electrons. The van der Waals surface area contributed by atoms with Crippen LogP contribution in [0.5, 0.6) is 0 Å². The number of aryl methyl sites for hydroxylation is 2. The maximum absolute atomic E-state index is 11.9. The molecule has 1 aromatic heterocycles. The van der Waals surface area contributed by atoms with Gasteiger partial charge >= 0.3 is 0 Å². The van der Waals surface area contributed by atoms with Gasteiger partial charge in [-0.15, -0.1) is 0 Å². The first kappa shape index (κ1) is 12.0. The van der Waals surface area contributed by atoms with E-state index < -0.39 is 9.84 Å². The highest BCUT2D eigenvalue weighted by atomic mass is 32.2. The summed E-state index contributed by atoms with van der Waals surface area (Å²) in [6.45, 7) is 5.90. The van der Waals surface area contributed by atoms with Crippen LogP contribution >= 0.6 is 0 Å². The van der Waals surface area contributed by atoms with Crippen molar-refractivity contribution in [3.63, 3.8) is 0 Å². The van der Waals surface area contributed by atoms with Crippen molar-refractivity contribution < 1.29 is 8.42 Å². The molecule has 0 spiro atoms. The normalized spacial score (nSPS) is 11.9. The van der Waals surface area contributed by atoms with E-state index in [1.807, 2.05) is 13.8 Å². The fourth-order valence-electron chi connectivity index (χ4n) is 1.48. The molecule has 0 aliphatic rings. The van der Waals surface area contributed by atoms with E-state index in [1.165, 1.54) is 4.68 Å². The third-order valence-electron chi connectivity index (χ3n) is 2.19. The van der Waals surface area contributed by atoms with Crippen molar-refractivity contribution in [1.82, 2.24) is 9.78 Å². The molecule has 0 unspecified atom stereocenters. The van der Waals surface area contributed by atoms with Crippen molar-refractivity contribution in [3.8, 4) is 0 Å². The summed E-state index contributed by atoms with van der Waals surface area (Å²) in [5.41, 5.74) is 6.59. The Morgan fingerprint density at radius 1 is 1.40 bits per heavy atom. The van der Waals surface area contributed by atoms with E-state index in [2.05, 4.69) is 5.10 Å². The van der Waals surface area contributed by atoms with Gasteiger partial charge in [0.15, 0.2) is 14.9 Å². The largest absolute Gasteiger partial charge is 0.395 e. The van der Waals surface area contributed by atoms with Gasteiger partial charge in [0.2, 0.25) is 0 Å². The van der Waals surface area contributed by atoms with Crippen molar-refractivity contribution in [2.45, 2.75) is 38.8 Å². The second-order valence-corrected chi connectivity index (χ2v) is 5.46. The molecule has 86 valence electrons. The number of sulfone groups is 1. The predicted octanol–water partition coefficient (Wildman–Crippen LogP) is 0.977. The van der Waals surface area contributed by atoms with E-state index in [1.54, 1.807) is 6.92 Å². The lowest BCUT2D eigenvalue weighted by Gasteiger charge is -2.05. The number of hydrogen-bond donors (Lipinski definition) is 1. The highest BCUT2D eigenvalue weighted by Gasteiger charge is 2.24. The molecule has 0 aromatic carbocycles. The molecule has 1 aromatic rings. The Balaban J connectivity index is 3.35. The van der Waals surface area contributed by atoms with E-state index in [-0.39, 0.29) is 16.5 Å². The zero-order valence-electron chi connectivity index (χ0n) is 9.32. The lowest BCUT2D eigenvalue weighted by Crippen LogP contribution is -2.14. The maximum atomic E-state index is 11.9. The van der Waals surface area contributed by atoms with Gasteiger partial charge < -0.3 is 5.73 Å². The lowest BCUT2D eigenvalue weighted by atomic mass is 10.4. The summed E-state index contributed by atoms with van der Waals surface area (Å²) in [5.74, 6) is 0.113. The molecule has 5 nitrogen and oxygen atoms in total. The zero-order valence-corrected chi connectivity index (χ0v) is 10.1. The average Bonchev–Trinajstić information content (AvgIpc) is 2.43. The summed E-state index contributed by atoms with van der Waals surface area (Å²) in [5, 5.41) is 4.26. The van der Waals surface area contributed by atoms with Gasteiger partial charge in [0, 0.05) is 6.54 Å². The number of nitrogen functional groups attached to an aromatic ring is 1. The second-order valence-electron chi connectivity index (χ2n) is 3.44. The minimum Gasteiger partial charge on any atom is -0.395 e. The Bertz CT molecular complexity index is 448. The predicted molar refractivity (Wildman–Crippen MR) is 59.4 cm³/mol. The zero-order chi connectivity index (χ0) is 11.6. The Labute approximate surface area is 90.2 Å². The fourth-order valence-corrected chi connectivity index (χ4v) is 3.19. The van der Waals surface area contributed by atoms with E-state index in [0.717, 1.165) is 0 Å². The van der Waals surface area contributed by atoms with Crippen LogP contribution in [0.1, 0.15) is 26.0 Å². The van der Waals surface area contributed by atoms with Gasteiger partial charge in [-0.05, 0) is 20.3 Å². The number of anilines is 1. The molecule has 0 saturated carbocycles. The first-order valence-electron chi connectivity index (χ1n) is 4.99. The van der Waals surface area contributed by atoms with Gasteiger partial charge in [0.05, 0.1) is 17.1 Å². The number of nitrogens with zero attached hydrogens (tertiary/aromatic N) is 2. The molecular formula is C9H17N3O2S. The van der Waals surface area contributed by atoms with Crippen LogP contribution in [-0.2, 0) is 16.4 Å². The minimum atomic E-state index is -3.29. The van der Waals surface area contributed by atoms with E-state index >= 15 is 0 Å². The standard InChI is InChI=1S/C9H17N3O2S/c1-4-6-15(13,14)9-8(10)7(3)11-12(9)5-2/h4-6,10H2,1-3H3. The number of aromatic nitrogens is 2. The number of hydrogen-bond acceptors (Lipinski definition) is 4. The maximum Gasteiger partial charge on any atom is 0.197 e. The molecule has 6 heteroatoms.